The number of hydrogen-bond acceptors (Lipinski definition) is 3. The van der Waals surface area contributed by atoms with Gasteiger partial charge >= 0.3 is 5.97 Å². The van der Waals surface area contributed by atoms with Crippen LogP contribution in [0.4, 0.5) is 0 Å². The molecule has 5 heteroatoms. The lowest BCUT2D eigenvalue weighted by atomic mass is 10.2. The standard InChI is InChI=1S/C11H16ClNO2S/c1-3-8(2)13(7-11(14)15)6-9-4-5-10(12)16-9/h4-5,8H,3,6-7H2,1-2H3,(H,14,15). The van der Waals surface area contributed by atoms with Crippen molar-refractivity contribution in [3.8, 4) is 0 Å². The van der Waals surface area contributed by atoms with Crippen LogP contribution >= 0.6 is 22.9 Å². The lowest BCUT2D eigenvalue weighted by Crippen LogP contribution is -2.36. The quantitative estimate of drug-likeness (QED) is 0.856. The summed E-state index contributed by atoms with van der Waals surface area (Å²) in [6.45, 7) is 4.82. The molecule has 0 aliphatic heterocycles. The molecule has 1 unspecified atom stereocenters. The Balaban J connectivity index is 2.66. The summed E-state index contributed by atoms with van der Waals surface area (Å²) in [6.07, 6.45) is 0.937. The molecule has 3 nitrogen and oxygen atoms in total. The van der Waals surface area contributed by atoms with E-state index in [-0.39, 0.29) is 12.6 Å². The van der Waals surface area contributed by atoms with Gasteiger partial charge in [-0.1, -0.05) is 18.5 Å². The highest BCUT2D eigenvalue weighted by Crippen LogP contribution is 2.23. The van der Waals surface area contributed by atoms with Crippen LogP contribution in [0.3, 0.4) is 0 Å². The number of carboxylic acids is 1. The molecule has 0 amide bonds. The Morgan fingerprint density at radius 3 is 2.75 bits per heavy atom. The molecule has 0 saturated heterocycles. The summed E-state index contributed by atoms with van der Waals surface area (Å²) in [5.41, 5.74) is 0. The predicted octanol–water partition coefficient (Wildman–Crippen LogP) is 3.09. The number of nitrogens with zero attached hydrogens (tertiary/aromatic N) is 1. The molecule has 1 heterocycles. The van der Waals surface area contributed by atoms with Crippen LogP contribution in [0.1, 0.15) is 25.1 Å². The van der Waals surface area contributed by atoms with Crippen molar-refractivity contribution in [1.29, 1.82) is 0 Å². The molecule has 0 spiro atoms. The van der Waals surface area contributed by atoms with Gasteiger partial charge in [0.05, 0.1) is 10.9 Å². The molecule has 90 valence electrons. The summed E-state index contributed by atoms with van der Waals surface area (Å²) in [5.74, 6) is -0.789. The van der Waals surface area contributed by atoms with Crippen molar-refractivity contribution < 1.29 is 9.90 Å². The largest absolute Gasteiger partial charge is 0.480 e. The molecular weight excluding hydrogens is 246 g/mol. The van der Waals surface area contributed by atoms with Crippen molar-refractivity contribution in [2.24, 2.45) is 0 Å². The monoisotopic (exact) mass is 261 g/mol. The first-order valence-corrected chi connectivity index (χ1v) is 6.42. The highest BCUT2D eigenvalue weighted by Gasteiger charge is 2.16. The lowest BCUT2D eigenvalue weighted by Gasteiger charge is -2.25. The number of carboxylic acid groups (broad SMARTS) is 1. The summed E-state index contributed by atoms with van der Waals surface area (Å²) >= 11 is 7.35. The van der Waals surface area contributed by atoms with Gasteiger partial charge in [-0.3, -0.25) is 9.69 Å². The number of thiophene rings is 1. The zero-order valence-corrected chi connectivity index (χ0v) is 11.0. The average Bonchev–Trinajstić information content (AvgIpc) is 2.61. The highest BCUT2D eigenvalue weighted by molar-refractivity contribution is 7.16. The topological polar surface area (TPSA) is 40.5 Å². The first-order chi connectivity index (χ1) is 7.52. The zero-order chi connectivity index (χ0) is 12.1. The van der Waals surface area contributed by atoms with E-state index < -0.39 is 5.97 Å². The van der Waals surface area contributed by atoms with Crippen molar-refractivity contribution in [3.63, 3.8) is 0 Å². The fourth-order valence-corrected chi connectivity index (χ4v) is 2.55. The smallest absolute Gasteiger partial charge is 0.317 e. The average molecular weight is 262 g/mol. The van der Waals surface area contributed by atoms with Gasteiger partial charge in [0, 0.05) is 17.5 Å². The number of hydrogen-bond donors (Lipinski definition) is 1. The molecule has 16 heavy (non-hydrogen) atoms. The molecule has 1 rings (SSSR count). The van der Waals surface area contributed by atoms with E-state index in [4.69, 9.17) is 16.7 Å². The molecule has 0 aliphatic carbocycles. The molecule has 1 atom stereocenters. The van der Waals surface area contributed by atoms with Crippen LogP contribution in [0.15, 0.2) is 12.1 Å². The van der Waals surface area contributed by atoms with Gasteiger partial charge in [0.2, 0.25) is 0 Å². The van der Waals surface area contributed by atoms with Crippen LogP contribution in [0.2, 0.25) is 4.34 Å². The molecule has 1 aromatic heterocycles. The van der Waals surface area contributed by atoms with Crippen LogP contribution in [0, 0.1) is 0 Å². The zero-order valence-electron chi connectivity index (χ0n) is 9.44. The van der Waals surface area contributed by atoms with Crippen LogP contribution in [-0.2, 0) is 11.3 Å². The SMILES string of the molecule is CCC(C)N(CC(=O)O)Cc1ccc(Cl)s1. The Morgan fingerprint density at radius 2 is 2.31 bits per heavy atom. The van der Waals surface area contributed by atoms with Gasteiger partial charge in [-0.15, -0.1) is 11.3 Å². The summed E-state index contributed by atoms with van der Waals surface area (Å²) in [7, 11) is 0. The normalized spacial score (nSPS) is 13.0. The molecule has 0 saturated carbocycles. The second-order valence-corrected chi connectivity index (χ2v) is 5.56. The van der Waals surface area contributed by atoms with Crippen molar-refractivity contribution >= 4 is 28.9 Å². The van der Waals surface area contributed by atoms with E-state index in [9.17, 15) is 4.79 Å². The molecule has 0 fully saturated rings. The van der Waals surface area contributed by atoms with Crippen LogP contribution in [0.5, 0.6) is 0 Å². The van der Waals surface area contributed by atoms with E-state index in [2.05, 4.69) is 6.92 Å². The third-order valence-corrected chi connectivity index (χ3v) is 3.76. The number of rotatable bonds is 6. The van der Waals surface area contributed by atoms with E-state index in [1.54, 1.807) is 0 Å². The maximum absolute atomic E-state index is 10.8. The lowest BCUT2D eigenvalue weighted by molar-refractivity contribution is -0.139. The Hall–Kier alpha value is -0.580. The maximum atomic E-state index is 10.8. The van der Waals surface area contributed by atoms with Crippen LogP contribution in [0.25, 0.3) is 0 Å². The fourth-order valence-electron chi connectivity index (χ4n) is 1.44. The molecule has 0 aliphatic rings. The van der Waals surface area contributed by atoms with Gasteiger partial charge in [-0.25, -0.2) is 0 Å². The van der Waals surface area contributed by atoms with Crippen molar-refractivity contribution in [3.05, 3.63) is 21.3 Å². The molecule has 1 N–H and O–H groups in total. The van der Waals surface area contributed by atoms with Gasteiger partial charge in [-0.05, 0) is 25.5 Å². The van der Waals surface area contributed by atoms with Crippen molar-refractivity contribution in [2.45, 2.75) is 32.9 Å². The van der Waals surface area contributed by atoms with E-state index in [0.717, 1.165) is 15.6 Å². The molecule has 0 radical (unpaired) electrons. The van der Waals surface area contributed by atoms with Gasteiger partial charge < -0.3 is 5.11 Å². The summed E-state index contributed by atoms with van der Waals surface area (Å²) in [5, 5.41) is 8.85. The number of halogens is 1. The van der Waals surface area contributed by atoms with Gasteiger partial charge in [-0.2, -0.15) is 0 Å². The first-order valence-electron chi connectivity index (χ1n) is 5.23. The van der Waals surface area contributed by atoms with E-state index >= 15 is 0 Å². The Kier molecular flexibility index (Phi) is 5.25. The number of aliphatic carboxylic acids is 1. The minimum absolute atomic E-state index is 0.0739. The third-order valence-electron chi connectivity index (χ3n) is 2.54. The first kappa shape index (κ1) is 13.5. The minimum atomic E-state index is -0.789. The second-order valence-electron chi connectivity index (χ2n) is 3.76. The van der Waals surface area contributed by atoms with E-state index in [1.807, 2.05) is 24.0 Å². The Bertz CT molecular complexity index is 354. The molecule has 1 aromatic rings. The molecule has 0 aromatic carbocycles. The maximum Gasteiger partial charge on any atom is 0.317 e. The number of carbonyl (C=O) groups is 1. The summed E-state index contributed by atoms with van der Waals surface area (Å²) in [4.78, 5) is 13.8. The van der Waals surface area contributed by atoms with Crippen LogP contribution in [-0.4, -0.2) is 28.6 Å². The summed E-state index contributed by atoms with van der Waals surface area (Å²) in [6, 6.07) is 4.05. The minimum Gasteiger partial charge on any atom is -0.480 e. The van der Waals surface area contributed by atoms with Gasteiger partial charge in [0.15, 0.2) is 0 Å². The van der Waals surface area contributed by atoms with Gasteiger partial charge in [0.25, 0.3) is 0 Å². The predicted molar refractivity (Wildman–Crippen MR) is 67.1 cm³/mol. The Morgan fingerprint density at radius 1 is 1.62 bits per heavy atom. The second kappa shape index (κ2) is 6.23. The third kappa shape index (κ3) is 4.12. The van der Waals surface area contributed by atoms with E-state index in [0.29, 0.717) is 6.54 Å². The van der Waals surface area contributed by atoms with Crippen molar-refractivity contribution in [1.82, 2.24) is 4.90 Å². The highest BCUT2D eigenvalue weighted by atomic mass is 35.5. The molecular formula is C11H16ClNO2S. The molecule has 0 bridgehead atoms. The van der Waals surface area contributed by atoms with Crippen LogP contribution < -0.4 is 0 Å². The van der Waals surface area contributed by atoms with E-state index in [1.165, 1.54) is 11.3 Å². The Labute approximate surface area is 105 Å². The fraction of sp³-hybridized carbons (Fsp3) is 0.545. The van der Waals surface area contributed by atoms with Gasteiger partial charge in [0.1, 0.15) is 0 Å². The summed E-state index contributed by atoms with van der Waals surface area (Å²) < 4.78 is 0.745. The van der Waals surface area contributed by atoms with Crippen molar-refractivity contribution in [2.75, 3.05) is 6.54 Å².